The van der Waals surface area contributed by atoms with Crippen molar-refractivity contribution in [1.82, 2.24) is 14.8 Å². The second kappa shape index (κ2) is 5.53. The van der Waals surface area contributed by atoms with Gasteiger partial charge in [0.1, 0.15) is 5.82 Å². The molecule has 0 atom stereocenters. The molecule has 1 heterocycles. The van der Waals surface area contributed by atoms with E-state index in [-0.39, 0.29) is 0 Å². The molecule has 3 N–H and O–H groups in total. The molecule has 0 saturated heterocycles. The molecule has 0 fully saturated rings. The Balaban J connectivity index is 2.27. The summed E-state index contributed by atoms with van der Waals surface area (Å²) in [6, 6.07) is 7.86. The van der Waals surface area contributed by atoms with Crippen LogP contribution in [0.1, 0.15) is 25.2 Å². The predicted octanol–water partition coefficient (Wildman–Crippen LogP) is 1.90. The van der Waals surface area contributed by atoms with E-state index in [1.807, 2.05) is 31.2 Å². The van der Waals surface area contributed by atoms with Gasteiger partial charge in [-0.15, -0.1) is 10.2 Å². The van der Waals surface area contributed by atoms with E-state index in [1.165, 1.54) is 0 Å². The third-order valence-corrected chi connectivity index (χ3v) is 2.88. The maximum Gasteiger partial charge on any atom is 0.224 e. The van der Waals surface area contributed by atoms with Gasteiger partial charge in [-0.3, -0.25) is 4.57 Å². The van der Waals surface area contributed by atoms with E-state index >= 15 is 0 Å². The van der Waals surface area contributed by atoms with Gasteiger partial charge in [-0.05, 0) is 25.5 Å². The molecule has 5 heteroatoms. The molecule has 96 valence electrons. The zero-order valence-electron chi connectivity index (χ0n) is 10.8. The fourth-order valence-electron chi connectivity index (χ4n) is 1.95. The van der Waals surface area contributed by atoms with Crippen molar-refractivity contribution < 1.29 is 0 Å². The first-order valence-corrected chi connectivity index (χ1v) is 6.25. The number of benzene rings is 1. The summed E-state index contributed by atoms with van der Waals surface area (Å²) in [4.78, 5) is 0. The van der Waals surface area contributed by atoms with E-state index < -0.39 is 0 Å². The molecule has 18 heavy (non-hydrogen) atoms. The number of aromatic nitrogens is 3. The minimum atomic E-state index is 0.707. The highest BCUT2D eigenvalue weighted by molar-refractivity contribution is 5.47. The predicted molar refractivity (Wildman–Crippen MR) is 73.5 cm³/mol. The second-order valence-electron chi connectivity index (χ2n) is 4.09. The van der Waals surface area contributed by atoms with Gasteiger partial charge in [-0.25, -0.2) is 0 Å². The summed E-state index contributed by atoms with van der Waals surface area (Å²) in [5.74, 6) is 1.76. The van der Waals surface area contributed by atoms with Gasteiger partial charge in [0, 0.05) is 25.2 Å². The van der Waals surface area contributed by atoms with Gasteiger partial charge in [0.2, 0.25) is 5.95 Å². The van der Waals surface area contributed by atoms with Crippen LogP contribution in [0.3, 0.4) is 0 Å². The Kier molecular flexibility index (Phi) is 3.82. The molecule has 1 aromatic heterocycles. The summed E-state index contributed by atoms with van der Waals surface area (Å²) in [6.45, 7) is 5.81. The van der Waals surface area contributed by atoms with E-state index in [0.29, 0.717) is 6.42 Å². The van der Waals surface area contributed by atoms with E-state index in [2.05, 4.69) is 27.0 Å². The van der Waals surface area contributed by atoms with Gasteiger partial charge >= 0.3 is 0 Å². The Labute approximate surface area is 107 Å². The number of nitrogens with two attached hydrogens (primary N) is 1. The van der Waals surface area contributed by atoms with Crippen LogP contribution >= 0.6 is 0 Å². The summed E-state index contributed by atoms with van der Waals surface area (Å²) < 4.78 is 2.08. The molecule has 0 aliphatic carbocycles. The summed E-state index contributed by atoms with van der Waals surface area (Å²) in [5, 5.41) is 11.6. The quantitative estimate of drug-likeness (QED) is 0.789. The number of nitrogens with zero attached hydrogens (tertiary/aromatic N) is 3. The van der Waals surface area contributed by atoms with Crippen LogP contribution in [0.15, 0.2) is 24.3 Å². The first kappa shape index (κ1) is 12.4. The van der Waals surface area contributed by atoms with Crippen molar-refractivity contribution in [2.24, 2.45) is 0 Å². The van der Waals surface area contributed by atoms with Crippen molar-refractivity contribution in [3.05, 3.63) is 35.7 Å². The third kappa shape index (κ3) is 2.45. The zero-order valence-corrected chi connectivity index (χ0v) is 10.8. The van der Waals surface area contributed by atoms with Crippen molar-refractivity contribution in [1.29, 1.82) is 0 Å². The molecule has 0 bridgehead atoms. The lowest BCUT2D eigenvalue weighted by atomic mass is 10.1. The topological polar surface area (TPSA) is 68.8 Å². The molecule has 2 aromatic rings. The average molecular weight is 245 g/mol. The molecular weight excluding hydrogens is 226 g/mol. The number of para-hydroxylation sites is 1. The number of hydrogen-bond acceptors (Lipinski definition) is 4. The third-order valence-electron chi connectivity index (χ3n) is 2.88. The Hall–Kier alpha value is -2.04. The largest absolute Gasteiger partial charge is 0.398 e. The zero-order chi connectivity index (χ0) is 13.0. The second-order valence-corrected chi connectivity index (χ2v) is 4.09. The summed E-state index contributed by atoms with van der Waals surface area (Å²) >= 11 is 0. The van der Waals surface area contributed by atoms with Crippen molar-refractivity contribution in [3.63, 3.8) is 0 Å². The summed E-state index contributed by atoms with van der Waals surface area (Å²) in [5.41, 5.74) is 7.84. The van der Waals surface area contributed by atoms with Crippen LogP contribution in [-0.4, -0.2) is 21.3 Å². The van der Waals surface area contributed by atoms with E-state index in [9.17, 15) is 0 Å². The first-order chi connectivity index (χ1) is 8.76. The fourth-order valence-corrected chi connectivity index (χ4v) is 1.95. The summed E-state index contributed by atoms with van der Waals surface area (Å²) in [6.07, 6.45) is 0.707. The van der Waals surface area contributed by atoms with Crippen molar-refractivity contribution in [2.45, 2.75) is 26.8 Å². The molecule has 0 spiro atoms. The highest BCUT2D eigenvalue weighted by Crippen LogP contribution is 2.17. The lowest BCUT2D eigenvalue weighted by Gasteiger charge is -2.09. The lowest BCUT2D eigenvalue weighted by molar-refractivity contribution is 0.716. The standard InChI is InChI=1S/C13H19N5/c1-3-15-13-17-16-12(18(13)4-2)9-10-7-5-6-8-11(10)14/h5-8H,3-4,9,14H2,1-2H3,(H,15,17). The van der Waals surface area contributed by atoms with Crippen LogP contribution in [0.5, 0.6) is 0 Å². The summed E-state index contributed by atoms with van der Waals surface area (Å²) in [7, 11) is 0. The lowest BCUT2D eigenvalue weighted by Crippen LogP contribution is -2.09. The van der Waals surface area contributed by atoms with Gasteiger partial charge in [0.25, 0.3) is 0 Å². The van der Waals surface area contributed by atoms with Crippen molar-refractivity contribution >= 4 is 11.6 Å². The van der Waals surface area contributed by atoms with Crippen molar-refractivity contribution in [3.8, 4) is 0 Å². The maximum atomic E-state index is 5.95. The number of nitrogens with one attached hydrogen (secondary N) is 1. The van der Waals surface area contributed by atoms with Gasteiger partial charge in [0.05, 0.1) is 0 Å². The minimum absolute atomic E-state index is 0.707. The van der Waals surface area contributed by atoms with Crippen LogP contribution in [-0.2, 0) is 13.0 Å². The van der Waals surface area contributed by atoms with Gasteiger partial charge in [-0.2, -0.15) is 0 Å². The van der Waals surface area contributed by atoms with Crippen LogP contribution in [0, 0.1) is 0 Å². The van der Waals surface area contributed by atoms with E-state index in [4.69, 9.17) is 5.73 Å². The molecular formula is C13H19N5. The Bertz CT molecular complexity index is 518. The molecule has 2 rings (SSSR count). The Morgan fingerprint density at radius 1 is 1.22 bits per heavy atom. The van der Waals surface area contributed by atoms with Gasteiger partial charge < -0.3 is 11.1 Å². The van der Waals surface area contributed by atoms with E-state index in [0.717, 1.165) is 36.1 Å². The normalized spacial score (nSPS) is 10.6. The molecule has 5 nitrogen and oxygen atoms in total. The monoisotopic (exact) mass is 245 g/mol. The van der Waals surface area contributed by atoms with E-state index in [1.54, 1.807) is 0 Å². The van der Waals surface area contributed by atoms with Gasteiger partial charge in [-0.1, -0.05) is 18.2 Å². The Morgan fingerprint density at radius 2 is 2.00 bits per heavy atom. The molecule has 0 aliphatic heterocycles. The molecule has 1 aromatic carbocycles. The van der Waals surface area contributed by atoms with Gasteiger partial charge in [0.15, 0.2) is 0 Å². The average Bonchev–Trinajstić information content (AvgIpc) is 2.75. The minimum Gasteiger partial charge on any atom is -0.398 e. The number of hydrogen-bond donors (Lipinski definition) is 2. The highest BCUT2D eigenvalue weighted by Gasteiger charge is 2.11. The molecule has 0 amide bonds. The highest BCUT2D eigenvalue weighted by atomic mass is 15.3. The first-order valence-electron chi connectivity index (χ1n) is 6.25. The van der Waals surface area contributed by atoms with Crippen LogP contribution in [0.4, 0.5) is 11.6 Å². The fraction of sp³-hybridized carbons (Fsp3) is 0.385. The van der Waals surface area contributed by atoms with Crippen LogP contribution < -0.4 is 11.1 Å². The maximum absolute atomic E-state index is 5.95. The smallest absolute Gasteiger partial charge is 0.224 e. The van der Waals surface area contributed by atoms with Crippen LogP contribution in [0.25, 0.3) is 0 Å². The molecule has 0 unspecified atom stereocenters. The Morgan fingerprint density at radius 3 is 2.67 bits per heavy atom. The number of rotatable bonds is 5. The molecule has 0 aliphatic rings. The molecule has 0 saturated carbocycles. The van der Waals surface area contributed by atoms with Crippen LogP contribution in [0.2, 0.25) is 0 Å². The number of anilines is 2. The SMILES string of the molecule is CCNc1nnc(Cc2ccccc2N)n1CC. The number of nitrogen functional groups attached to an aromatic ring is 1. The molecule has 0 radical (unpaired) electrons. The van der Waals surface area contributed by atoms with Crippen molar-refractivity contribution in [2.75, 3.05) is 17.6 Å².